The molecule has 7 nitrogen and oxygen atoms in total. The van der Waals surface area contributed by atoms with Crippen LogP contribution < -0.4 is 11.3 Å². The van der Waals surface area contributed by atoms with Gasteiger partial charge in [-0.15, -0.1) is 6.42 Å². The normalized spacial score (nSPS) is 28.8. The fraction of sp³-hybridized carbons (Fsp3) is 0.429. The van der Waals surface area contributed by atoms with Gasteiger partial charge in [0.15, 0.2) is 0 Å². The maximum absolute atomic E-state index is 11.8. The van der Waals surface area contributed by atoms with Crippen molar-refractivity contribution < 1.29 is 10.2 Å². The third-order valence-corrected chi connectivity index (χ3v) is 4.30. The summed E-state index contributed by atoms with van der Waals surface area (Å²) in [6.07, 6.45) is 7.22. The van der Waals surface area contributed by atoms with Crippen molar-refractivity contribution in [2.45, 2.75) is 25.0 Å². The molecule has 0 unspecified atom stereocenters. The summed E-state index contributed by atoms with van der Waals surface area (Å²) in [5, 5.41) is 20.1. The molecule has 3 atom stereocenters. The van der Waals surface area contributed by atoms with E-state index >= 15 is 0 Å². The molecule has 3 rings (SSSR count). The van der Waals surface area contributed by atoms with E-state index in [1.807, 2.05) is 0 Å². The maximum atomic E-state index is 11.8. The largest absolute Gasteiger partial charge is 0.395 e. The minimum atomic E-state index is -0.950. The van der Waals surface area contributed by atoms with Crippen molar-refractivity contribution in [3.63, 3.8) is 0 Å². The van der Waals surface area contributed by atoms with Crippen molar-refractivity contribution in [1.29, 1.82) is 0 Å². The zero-order valence-corrected chi connectivity index (χ0v) is 11.3. The SMILES string of the molecule is C#C[C@]1(CO)C[C@@H](n2ccc3c(=O)[nH]c(N)nc32)C[C@@H]1O. The predicted molar refractivity (Wildman–Crippen MR) is 77.4 cm³/mol. The third-order valence-electron chi connectivity index (χ3n) is 4.30. The van der Waals surface area contributed by atoms with Crippen LogP contribution in [0.3, 0.4) is 0 Å². The molecule has 110 valence electrons. The summed E-state index contributed by atoms with van der Waals surface area (Å²) in [5.41, 5.74) is 4.78. The molecule has 1 aliphatic carbocycles. The van der Waals surface area contributed by atoms with Crippen LogP contribution in [0, 0.1) is 17.8 Å². The zero-order chi connectivity index (χ0) is 15.2. The van der Waals surface area contributed by atoms with E-state index in [2.05, 4.69) is 15.9 Å². The summed E-state index contributed by atoms with van der Waals surface area (Å²) >= 11 is 0. The summed E-state index contributed by atoms with van der Waals surface area (Å²) in [4.78, 5) is 18.4. The summed E-state index contributed by atoms with van der Waals surface area (Å²) in [6.45, 7) is -0.281. The molecule has 0 aromatic carbocycles. The molecule has 1 saturated carbocycles. The number of rotatable bonds is 2. The first-order valence-corrected chi connectivity index (χ1v) is 6.64. The number of H-pyrrole nitrogens is 1. The van der Waals surface area contributed by atoms with Crippen molar-refractivity contribution in [2.24, 2.45) is 5.41 Å². The van der Waals surface area contributed by atoms with Crippen molar-refractivity contribution in [3.8, 4) is 12.3 Å². The van der Waals surface area contributed by atoms with Gasteiger partial charge in [0, 0.05) is 12.2 Å². The lowest BCUT2D eigenvalue weighted by Gasteiger charge is -2.23. The Bertz CT molecular complexity index is 788. The fourth-order valence-electron chi connectivity index (χ4n) is 3.06. The monoisotopic (exact) mass is 288 g/mol. The van der Waals surface area contributed by atoms with E-state index in [0.717, 1.165) is 0 Å². The molecule has 0 bridgehead atoms. The Balaban J connectivity index is 2.07. The highest BCUT2D eigenvalue weighted by Gasteiger charge is 2.46. The summed E-state index contributed by atoms with van der Waals surface area (Å²) in [5.74, 6) is 2.55. The number of hydrogen-bond acceptors (Lipinski definition) is 5. The average molecular weight is 288 g/mol. The Morgan fingerprint density at radius 2 is 2.43 bits per heavy atom. The Kier molecular flexibility index (Phi) is 3.01. The van der Waals surface area contributed by atoms with Crippen LogP contribution in [0.15, 0.2) is 17.1 Å². The highest BCUT2D eigenvalue weighted by Crippen LogP contribution is 2.44. The number of terminal acetylenes is 1. The summed E-state index contributed by atoms with van der Waals surface area (Å²) < 4.78 is 1.79. The molecule has 5 N–H and O–H groups in total. The number of aliphatic hydroxyl groups is 2. The van der Waals surface area contributed by atoms with Gasteiger partial charge in [-0.3, -0.25) is 9.78 Å². The second-order valence-electron chi connectivity index (χ2n) is 5.48. The van der Waals surface area contributed by atoms with Gasteiger partial charge in [0.05, 0.1) is 23.5 Å². The lowest BCUT2D eigenvalue weighted by atomic mass is 9.86. The number of aromatic amines is 1. The summed E-state index contributed by atoms with van der Waals surface area (Å²) in [7, 11) is 0. The van der Waals surface area contributed by atoms with Gasteiger partial charge in [-0.2, -0.15) is 4.98 Å². The van der Waals surface area contributed by atoms with Crippen molar-refractivity contribution >= 4 is 17.0 Å². The van der Waals surface area contributed by atoms with E-state index in [1.54, 1.807) is 16.8 Å². The Hall–Kier alpha value is -2.30. The zero-order valence-electron chi connectivity index (χ0n) is 11.3. The molecular formula is C14H16N4O3. The van der Waals surface area contributed by atoms with Crippen molar-refractivity contribution in [3.05, 3.63) is 22.6 Å². The van der Waals surface area contributed by atoms with Crippen LogP contribution in [0.2, 0.25) is 0 Å². The number of fused-ring (bicyclic) bond motifs is 1. The van der Waals surface area contributed by atoms with Crippen molar-refractivity contribution in [1.82, 2.24) is 14.5 Å². The molecule has 1 fully saturated rings. The molecular weight excluding hydrogens is 272 g/mol. The average Bonchev–Trinajstić information content (AvgIpc) is 3.00. The molecule has 2 aromatic heterocycles. The van der Waals surface area contributed by atoms with Crippen LogP contribution in [0.1, 0.15) is 18.9 Å². The third kappa shape index (κ3) is 1.92. The Labute approximate surface area is 120 Å². The molecule has 0 amide bonds. The van der Waals surface area contributed by atoms with E-state index in [0.29, 0.717) is 23.9 Å². The van der Waals surface area contributed by atoms with Gasteiger partial charge >= 0.3 is 0 Å². The van der Waals surface area contributed by atoms with E-state index < -0.39 is 11.5 Å². The van der Waals surface area contributed by atoms with Gasteiger partial charge in [0.2, 0.25) is 5.95 Å². The van der Waals surface area contributed by atoms with Crippen LogP contribution in [0.25, 0.3) is 11.0 Å². The lowest BCUT2D eigenvalue weighted by Crippen LogP contribution is -2.31. The van der Waals surface area contributed by atoms with Crippen LogP contribution >= 0.6 is 0 Å². The van der Waals surface area contributed by atoms with Crippen LogP contribution in [-0.2, 0) is 0 Å². The number of nitrogens with one attached hydrogen (secondary N) is 1. The van der Waals surface area contributed by atoms with Gasteiger partial charge in [-0.1, -0.05) is 5.92 Å². The molecule has 2 aromatic rings. The van der Waals surface area contributed by atoms with Gasteiger partial charge in [0.25, 0.3) is 5.56 Å². The van der Waals surface area contributed by atoms with E-state index in [4.69, 9.17) is 12.2 Å². The van der Waals surface area contributed by atoms with E-state index in [9.17, 15) is 15.0 Å². The number of nitrogen functional groups attached to an aromatic ring is 1. The van der Waals surface area contributed by atoms with Gasteiger partial charge in [-0.25, -0.2) is 0 Å². The molecule has 21 heavy (non-hydrogen) atoms. The predicted octanol–water partition coefficient (Wildman–Crippen LogP) is -0.386. The minimum Gasteiger partial charge on any atom is -0.395 e. The topological polar surface area (TPSA) is 117 Å². The number of nitrogens with zero attached hydrogens (tertiary/aromatic N) is 2. The fourth-order valence-corrected chi connectivity index (χ4v) is 3.06. The Morgan fingerprint density at radius 1 is 1.67 bits per heavy atom. The van der Waals surface area contributed by atoms with Crippen LogP contribution in [0.4, 0.5) is 5.95 Å². The molecule has 0 saturated heterocycles. The highest BCUT2D eigenvalue weighted by atomic mass is 16.3. The lowest BCUT2D eigenvalue weighted by molar-refractivity contribution is 0.0475. The molecule has 7 heteroatoms. The Morgan fingerprint density at radius 3 is 3.05 bits per heavy atom. The standard InChI is InChI=1S/C14H16N4O3/c1-2-14(7-19)6-8(5-10(14)20)18-4-3-9-11(18)16-13(15)17-12(9)21/h1,3-4,8,10,19-20H,5-7H2,(H3,15,16,17,21)/t8-,10-,14+/m0/s1. The van der Waals surface area contributed by atoms with Gasteiger partial charge in [0.1, 0.15) is 5.65 Å². The number of aliphatic hydroxyl groups excluding tert-OH is 2. The maximum Gasteiger partial charge on any atom is 0.261 e. The highest BCUT2D eigenvalue weighted by molar-refractivity contribution is 5.76. The second kappa shape index (κ2) is 4.62. The van der Waals surface area contributed by atoms with Crippen LogP contribution in [-0.4, -0.2) is 37.5 Å². The number of anilines is 1. The van der Waals surface area contributed by atoms with Gasteiger partial charge < -0.3 is 20.5 Å². The first kappa shape index (κ1) is 13.7. The molecule has 2 heterocycles. The number of aromatic nitrogens is 3. The minimum absolute atomic E-state index is 0.0383. The number of nitrogens with two attached hydrogens (primary N) is 1. The molecule has 0 radical (unpaired) electrons. The summed E-state index contributed by atoms with van der Waals surface area (Å²) in [6, 6.07) is 1.51. The molecule has 1 aliphatic rings. The van der Waals surface area contributed by atoms with Crippen molar-refractivity contribution in [2.75, 3.05) is 12.3 Å². The molecule has 0 spiro atoms. The number of hydrogen-bond donors (Lipinski definition) is 4. The first-order chi connectivity index (χ1) is 10.0. The quantitative estimate of drug-likeness (QED) is 0.562. The van der Waals surface area contributed by atoms with Crippen LogP contribution in [0.5, 0.6) is 0 Å². The first-order valence-electron chi connectivity index (χ1n) is 6.64. The molecule has 0 aliphatic heterocycles. The van der Waals surface area contributed by atoms with Gasteiger partial charge in [-0.05, 0) is 18.9 Å². The smallest absolute Gasteiger partial charge is 0.261 e. The van der Waals surface area contributed by atoms with E-state index in [1.165, 1.54) is 0 Å². The van der Waals surface area contributed by atoms with E-state index in [-0.39, 0.29) is 24.2 Å². The second-order valence-corrected chi connectivity index (χ2v) is 5.48.